The second-order valence-corrected chi connectivity index (χ2v) is 5.94. The first-order valence-electron chi connectivity index (χ1n) is 7.67. The van der Waals surface area contributed by atoms with Crippen molar-refractivity contribution in [3.63, 3.8) is 0 Å². The van der Waals surface area contributed by atoms with E-state index < -0.39 is 17.5 Å². The molecule has 25 heavy (non-hydrogen) atoms. The molecule has 1 amide bonds. The highest BCUT2D eigenvalue weighted by atomic mass is 19.2. The van der Waals surface area contributed by atoms with Crippen molar-refractivity contribution < 1.29 is 13.6 Å². The van der Waals surface area contributed by atoms with E-state index in [2.05, 4.69) is 15.3 Å². The van der Waals surface area contributed by atoms with Gasteiger partial charge in [-0.3, -0.25) is 4.79 Å². The van der Waals surface area contributed by atoms with Gasteiger partial charge in [-0.15, -0.1) is 0 Å². The monoisotopic (exact) mass is 340 g/mol. The van der Waals surface area contributed by atoms with Gasteiger partial charge < -0.3 is 14.7 Å². The van der Waals surface area contributed by atoms with Crippen molar-refractivity contribution >= 4 is 28.0 Å². The number of benzene rings is 1. The van der Waals surface area contributed by atoms with Crippen molar-refractivity contribution in [1.29, 1.82) is 0 Å². The van der Waals surface area contributed by atoms with Gasteiger partial charge in [-0.25, -0.2) is 13.8 Å². The fourth-order valence-corrected chi connectivity index (χ4v) is 2.91. The third kappa shape index (κ3) is 2.44. The van der Waals surface area contributed by atoms with E-state index in [4.69, 9.17) is 0 Å². The number of halogens is 2. The average molecular weight is 340 g/mol. The van der Waals surface area contributed by atoms with Crippen LogP contribution in [0.1, 0.15) is 21.9 Å². The minimum absolute atomic E-state index is 0.273. The summed E-state index contributed by atoms with van der Waals surface area (Å²) >= 11 is 0. The number of fused-ring (bicyclic) bond motifs is 2. The zero-order valence-electron chi connectivity index (χ0n) is 13.5. The van der Waals surface area contributed by atoms with Gasteiger partial charge in [0.2, 0.25) is 0 Å². The van der Waals surface area contributed by atoms with E-state index in [9.17, 15) is 13.6 Å². The molecule has 0 unspecified atom stereocenters. The molecule has 1 aromatic carbocycles. The van der Waals surface area contributed by atoms with Crippen LogP contribution in [-0.4, -0.2) is 20.3 Å². The molecule has 126 valence electrons. The summed E-state index contributed by atoms with van der Waals surface area (Å²) in [5, 5.41) is 3.10. The molecule has 0 aliphatic rings. The maximum atomic E-state index is 13.5. The first-order valence-corrected chi connectivity index (χ1v) is 7.67. The molecule has 0 spiro atoms. The molecule has 3 heterocycles. The van der Waals surface area contributed by atoms with Crippen molar-refractivity contribution in [2.75, 3.05) is 5.32 Å². The lowest BCUT2D eigenvalue weighted by Crippen LogP contribution is -2.12. The fraction of sp³-hybridized carbons (Fsp3) is 0.111. The lowest BCUT2D eigenvalue weighted by Gasteiger charge is -2.03. The number of aryl methyl sites for hydroxylation is 2. The minimum Gasteiger partial charge on any atom is -0.359 e. The third-order valence-electron chi connectivity index (χ3n) is 4.15. The number of carbonyl (C=O) groups is 1. The van der Waals surface area contributed by atoms with Gasteiger partial charge in [0.05, 0.1) is 16.7 Å². The lowest BCUT2D eigenvalue weighted by molar-refractivity contribution is 0.102. The van der Waals surface area contributed by atoms with Gasteiger partial charge >= 0.3 is 0 Å². The van der Waals surface area contributed by atoms with Crippen LogP contribution in [0.4, 0.5) is 14.5 Å². The van der Waals surface area contributed by atoms with Crippen LogP contribution >= 0.6 is 0 Å². The smallest absolute Gasteiger partial charge is 0.276 e. The summed E-state index contributed by atoms with van der Waals surface area (Å²) in [6.45, 7) is 3.77. The topological polar surface area (TPSA) is 62.2 Å². The van der Waals surface area contributed by atoms with Gasteiger partial charge in [-0.2, -0.15) is 0 Å². The molecular formula is C18H14F2N4O. The summed E-state index contributed by atoms with van der Waals surface area (Å²) in [5.41, 5.74) is 2.77. The number of carbonyl (C=O) groups excluding carboxylic acids is 1. The Morgan fingerprint density at radius 3 is 2.76 bits per heavy atom. The van der Waals surface area contributed by atoms with Crippen LogP contribution in [0.2, 0.25) is 0 Å². The highest BCUT2D eigenvalue weighted by molar-refractivity contribution is 6.11. The summed E-state index contributed by atoms with van der Waals surface area (Å²) in [5.74, 6) is -1.64. The van der Waals surface area contributed by atoms with Crippen LogP contribution in [0, 0.1) is 25.5 Å². The Labute approximate surface area is 141 Å². The molecule has 0 bridgehead atoms. The first kappa shape index (κ1) is 15.3. The SMILES string of the molecule is Cc1ccc2c(C(=O)Nc3c[nH]c4cc(F)c(F)cc34)nc(C)n2c1. The molecule has 2 N–H and O–H groups in total. The lowest BCUT2D eigenvalue weighted by atomic mass is 10.2. The van der Waals surface area contributed by atoms with E-state index in [0.29, 0.717) is 27.9 Å². The number of aromatic amines is 1. The Hall–Kier alpha value is -3.22. The fourth-order valence-electron chi connectivity index (χ4n) is 2.91. The van der Waals surface area contributed by atoms with Crippen LogP contribution in [0.25, 0.3) is 16.4 Å². The largest absolute Gasteiger partial charge is 0.359 e. The van der Waals surface area contributed by atoms with Crippen LogP contribution < -0.4 is 5.32 Å². The molecule has 0 saturated carbocycles. The quantitative estimate of drug-likeness (QED) is 0.580. The number of anilines is 1. The predicted octanol–water partition coefficient (Wildman–Crippen LogP) is 3.96. The zero-order valence-corrected chi connectivity index (χ0v) is 13.5. The van der Waals surface area contributed by atoms with E-state index >= 15 is 0 Å². The van der Waals surface area contributed by atoms with Gasteiger partial charge in [-0.1, -0.05) is 6.07 Å². The molecular weight excluding hydrogens is 326 g/mol. The van der Waals surface area contributed by atoms with E-state index in [1.165, 1.54) is 6.20 Å². The standard InChI is InChI=1S/C18H14F2N4O/c1-9-3-4-16-17(22-10(2)24(16)8-9)18(25)23-15-7-21-14-6-13(20)12(19)5-11(14)15/h3-8,21H,1-2H3,(H,23,25). The van der Waals surface area contributed by atoms with Crippen LogP contribution in [0.15, 0.2) is 36.7 Å². The number of hydrogen-bond acceptors (Lipinski definition) is 2. The molecule has 0 aliphatic heterocycles. The van der Waals surface area contributed by atoms with Crippen molar-refractivity contribution in [2.24, 2.45) is 0 Å². The molecule has 0 saturated heterocycles. The summed E-state index contributed by atoms with van der Waals surface area (Å²) < 4.78 is 28.6. The average Bonchev–Trinajstić information content (AvgIpc) is 3.10. The molecule has 4 rings (SSSR count). The summed E-state index contributed by atoms with van der Waals surface area (Å²) in [4.78, 5) is 19.8. The number of nitrogens with one attached hydrogen (secondary N) is 2. The first-order chi connectivity index (χ1) is 11.9. The highest BCUT2D eigenvalue weighted by Crippen LogP contribution is 2.26. The summed E-state index contributed by atoms with van der Waals surface area (Å²) in [6.07, 6.45) is 3.40. The Bertz CT molecular complexity index is 1140. The molecule has 0 aliphatic carbocycles. The number of hydrogen-bond donors (Lipinski definition) is 2. The molecule has 0 radical (unpaired) electrons. The van der Waals surface area contributed by atoms with Gasteiger partial charge in [-0.05, 0) is 31.5 Å². The number of imidazole rings is 1. The summed E-state index contributed by atoms with van der Waals surface area (Å²) in [7, 11) is 0. The predicted molar refractivity (Wildman–Crippen MR) is 90.8 cm³/mol. The van der Waals surface area contributed by atoms with Gasteiger partial charge in [0.25, 0.3) is 5.91 Å². The van der Waals surface area contributed by atoms with E-state index in [0.717, 1.165) is 17.7 Å². The van der Waals surface area contributed by atoms with Gasteiger partial charge in [0.1, 0.15) is 5.82 Å². The number of pyridine rings is 1. The third-order valence-corrected chi connectivity index (χ3v) is 4.15. The number of H-pyrrole nitrogens is 1. The molecule has 3 aromatic heterocycles. The van der Waals surface area contributed by atoms with Gasteiger partial charge in [0.15, 0.2) is 17.3 Å². The second-order valence-electron chi connectivity index (χ2n) is 5.94. The normalized spacial score (nSPS) is 11.4. The molecule has 4 aromatic rings. The Kier molecular flexibility index (Phi) is 3.31. The van der Waals surface area contributed by atoms with Crippen LogP contribution in [-0.2, 0) is 0 Å². The van der Waals surface area contributed by atoms with Crippen molar-refractivity contribution in [1.82, 2.24) is 14.4 Å². The second kappa shape index (κ2) is 5.41. The van der Waals surface area contributed by atoms with E-state index in [1.807, 2.05) is 36.6 Å². The van der Waals surface area contributed by atoms with Crippen molar-refractivity contribution in [3.8, 4) is 0 Å². The maximum Gasteiger partial charge on any atom is 0.276 e. The van der Waals surface area contributed by atoms with Crippen molar-refractivity contribution in [3.05, 3.63) is 65.4 Å². The molecule has 5 nitrogen and oxygen atoms in total. The molecule has 0 atom stereocenters. The molecule has 7 heteroatoms. The Morgan fingerprint density at radius 1 is 1.20 bits per heavy atom. The zero-order chi connectivity index (χ0) is 17.7. The van der Waals surface area contributed by atoms with Crippen LogP contribution in [0.5, 0.6) is 0 Å². The van der Waals surface area contributed by atoms with Gasteiger partial charge in [0, 0.05) is 23.8 Å². The van der Waals surface area contributed by atoms with E-state index in [-0.39, 0.29) is 5.69 Å². The number of nitrogens with zero attached hydrogens (tertiary/aromatic N) is 2. The van der Waals surface area contributed by atoms with Crippen LogP contribution in [0.3, 0.4) is 0 Å². The number of aromatic nitrogens is 3. The number of rotatable bonds is 2. The number of amides is 1. The Morgan fingerprint density at radius 2 is 1.96 bits per heavy atom. The van der Waals surface area contributed by atoms with Crippen molar-refractivity contribution in [2.45, 2.75) is 13.8 Å². The highest BCUT2D eigenvalue weighted by Gasteiger charge is 2.18. The summed E-state index contributed by atoms with van der Waals surface area (Å²) in [6, 6.07) is 5.83. The molecule has 0 fully saturated rings. The maximum absolute atomic E-state index is 13.5. The van der Waals surface area contributed by atoms with E-state index in [1.54, 1.807) is 0 Å². The minimum atomic E-state index is -0.971. The Balaban J connectivity index is 1.75.